The molecule has 2 aromatic rings. The number of hydrogen-bond acceptors (Lipinski definition) is 4. The van der Waals surface area contributed by atoms with Crippen molar-refractivity contribution in [2.24, 2.45) is 0 Å². The van der Waals surface area contributed by atoms with Crippen molar-refractivity contribution in [1.29, 1.82) is 0 Å². The van der Waals surface area contributed by atoms with E-state index in [1.165, 1.54) is 12.8 Å². The number of nitrogens with one attached hydrogen (secondary N) is 1. The van der Waals surface area contributed by atoms with Gasteiger partial charge < -0.3 is 4.90 Å². The Morgan fingerprint density at radius 3 is 2.62 bits per heavy atom. The van der Waals surface area contributed by atoms with E-state index >= 15 is 0 Å². The molecule has 0 spiro atoms. The second-order valence-electron chi connectivity index (χ2n) is 8.95. The molecule has 3 fully saturated rings. The summed E-state index contributed by atoms with van der Waals surface area (Å²) >= 11 is 6.72. The predicted molar refractivity (Wildman–Crippen MR) is 122 cm³/mol. The highest BCUT2D eigenvalue weighted by Crippen LogP contribution is 2.37. The van der Waals surface area contributed by atoms with Crippen LogP contribution in [-0.4, -0.2) is 53.2 Å². The van der Waals surface area contributed by atoms with E-state index in [4.69, 9.17) is 11.6 Å². The normalized spacial score (nSPS) is 23.9. The first-order valence-electron chi connectivity index (χ1n) is 11.2. The monoisotopic (exact) mass is 451 g/mol. The van der Waals surface area contributed by atoms with E-state index in [-0.39, 0.29) is 17.7 Å². The van der Waals surface area contributed by atoms with Crippen LogP contribution in [0.25, 0.3) is 11.1 Å². The molecule has 166 valence electrons. The molecule has 3 saturated heterocycles. The Kier molecular flexibility index (Phi) is 5.74. The van der Waals surface area contributed by atoms with Gasteiger partial charge in [0.15, 0.2) is 0 Å². The first kappa shape index (κ1) is 21.2. The first-order valence-corrected chi connectivity index (χ1v) is 11.6. The van der Waals surface area contributed by atoms with Crippen LogP contribution in [0.3, 0.4) is 0 Å². The van der Waals surface area contributed by atoms with E-state index in [2.05, 4.69) is 10.2 Å². The molecule has 3 amide bonds. The summed E-state index contributed by atoms with van der Waals surface area (Å²) in [5, 5.41) is 2.95. The second kappa shape index (κ2) is 8.68. The lowest BCUT2D eigenvalue weighted by Crippen LogP contribution is -2.53. The summed E-state index contributed by atoms with van der Waals surface area (Å²) < 4.78 is 0. The van der Waals surface area contributed by atoms with Crippen LogP contribution in [0.5, 0.6) is 0 Å². The molecular weight excluding hydrogens is 426 g/mol. The number of carbonyl (C=O) groups excluding carboxylic acids is 3. The van der Waals surface area contributed by atoms with Crippen LogP contribution in [0.15, 0.2) is 42.5 Å². The first-order chi connectivity index (χ1) is 15.5. The van der Waals surface area contributed by atoms with Gasteiger partial charge in [0, 0.05) is 31.1 Å². The summed E-state index contributed by atoms with van der Waals surface area (Å²) in [6, 6.07) is 14.3. The molecule has 0 saturated carbocycles. The zero-order chi connectivity index (χ0) is 22.2. The topological polar surface area (TPSA) is 69.7 Å². The van der Waals surface area contributed by atoms with Crippen molar-refractivity contribution < 1.29 is 14.4 Å². The molecular formula is C25H26ClN3O3. The fourth-order valence-corrected chi connectivity index (χ4v) is 5.50. The fraction of sp³-hybridized carbons (Fsp3) is 0.400. The Morgan fingerprint density at radius 1 is 1.03 bits per heavy atom. The molecule has 7 heteroatoms. The van der Waals surface area contributed by atoms with Crippen LogP contribution in [0.4, 0.5) is 0 Å². The number of carbonyl (C=O) groups is 3. The van der Waals surface area contributed by atoms with Gasteiger partial charge in [0.05, 0.1) is 17.5 Å². The molecule has 3 aliphatic rings. The highest BCUT2D eigenvalue weighted by Gasteiger charge is 2.34. The number of benzene rings is 2. The molecule has 3 heterocycles. The van der Waals surface area contributed by atoms with Crippen LogP contribution in [0.1, 0.15) is 42.7 Å². The largest absolute Gasteiger partial charge is 0.336 e. The Bertz CT molecular complexity index is 1070. The van der Waals surface area contributed by atoms with Crippen LogP contribution in [-0.2, 0) is 20.9 Å². The number of rotatable bonds is 4. The standard InChI is InChI=1S/C25H26ClN3O3/c26-24-19(4-1-5-20(24)21-10-11-22(30)27-25(21)32)17-8-6-16(7-9-17)13-29-14-18-3-2-12-28(18)15-23(29)31/h1,4-9,18,21H,2-3,10-15H2,(H,27,30,32). The van der Waals surface area contributed by atoms with E-state index < -0.39 is 5.92 Å². The molecule has 1 N–H and O–H groups in total. The number of halogens is 1. The number of amides is 3. The van der Waals surface area contributed by atoms with Crippen molar-refractivity contribution in [2.45, 2.75) is 44.2 Å². The highest BCUT2D eigenvalue weighted by molar-refractivity contribution is 6.34. The number of piperazine rings is 1. The van der Waals surface area contributed by atoms with E-state index in [9.17, 15) is 14.4 Å². The van der Waals surface area contributed by atoms with Gasteiger partial charge in [-0.05, 0) is 42.5 Å². The Balaban J connectivity index is 1.32. The van der Waals surface area contributed by atoms with Gasteiger partial charge in [0.25, 0.3) is 0 Å². The van der Waals surface area contributed by atoms with Crippen molar-refractivity contribution in [3.63, 3.8) is 0 Å². The molecule has 0 bridgehead atoms. The van der Waals surface area contributed by atoms with Gasteiger partial charge in [0.2, 0.25) is 17.7 Å². The predicted octanol–water partition coefficient (Wildman–Crippen LogP) is 3.33. The fourth-order valence-electron chi connectivity index (χ4n) is 5.14. The Hall–Kier alpha value is -2.70. The Labute approximate surface area is 192 Å². The van der Waals surface area contributed by atoms with E-state index in [0.29, 0.717) is 37.0 Å². The van der Waals surface area contributed by atoms with Gasteiger partial charge in [-0.25, -0.2) is 0 Å². The number of hydrogen-bond donors (Lipinski definition) is 1. The van der Waals surface area contributed by atoms with Gasteiger partial charge in [-0.3, -0.25) is 24.6 Å². The van der Waals surface area contributed by atoms with Crippen molar-refractivity contribution in [1.82, 2.24) is 15.1 Å². The molecule has 0 radical (unpaired) electrons. The van der Waals surface area contributed by atoms with Crippen LogP contribution < -0.4 is 5.32 Å². The van der Waals surface area contributed by atoms with Gasteiger partial charge in [-0.1, -0.05) is 54.1 Å². The quantitative estimate of drug-likeness (QED) is 0.724. The lowest BCUT2D eigenvalue weighted by Gasteiger charge is -2.37. The lowest BCUT2D eigenvalue weighted by atomic mass is 9.88. The number of fused-ring (bicyclic) bond motifs is 1. The third-order valence-electron chi connectivity index (χ3n) is 6.90. The molecule has 0 aliphatic carbocycles. The maximum Gasteiger partial charge on any atom is 0.237 e. The summed E-state index contributed by atoms with van der Waals surface area (Å²) in [5.74, 6) is -0.739. The van der Waals surface area contributed by atoms with Gasteiger partial charge in [-0.2, -0.15) is 0 Å². The van der Waals surface area contributed by atoms with Crippen molar-refractivity contribution in [2.75, 3.05) is 19.6 Å². The third kappa shape index (κ3) is 4.05. The molecule has 2 unspecified atom stereocenters. The second-order valence-corrected chi connectivity index (χ2v) is 9.33. The van der Waals surface area contributed by atoms with E-state index in [0.717, 1.165) is 35.3 Å². The maximum absolute atomic E-state index is 12.5. The average molecular weight is 452 g/mol. The van der Waals surface area contributed by atoms with Crippen LogP contribution >= 0.6 is 11.6 Å². The van der Waals surface area contributed by atoms with Crippen molar-refractivity contribution in [3.8, 4) is 11.1 Å². The van der Waals surface area contributed by atoms with Crippen LogP contribution in [0.2, 0.25) is 5.02 Å². The summed E-state index contributed by atoms with van der Waals surface area (Å²) in [5.41, 5.74) is 3.65. The van der Waals surface area contributed by atoms with Crippen molar-refractivity contribution >= 4 is 29.3 Å². The molecule has 3 aliphatic heterocycles. The average Bonchev–Trinajstić information content (AvgIpc) is 3.22. The molecule has 2 atom stereocenters. The minimum absolute atomic E-state index is 0.201. The summed E-state index contributed by atoms with van der Waals surface area (Å²) in [6.07, 6.45) is 3.14. The summed E-state index contributed by atoms with van der Waals surface area (Å²) in [4.78, 5) is 40.6. The van der Waals surface area contributed by atoms with E-state index in [1.807, 2.05) is 47.4 Å². The van der Waals surface area contributed by atoms with Crippen LogP contribution in [0, 0.1) is 0 Å². The number of nitrogens with zero attached hydrogens (tertiary/aromatic N) is 2. The van der Waals surface area contributed by atoms with Gasteiger partial charge in [0.1, 0.15) is 0 Å². The molecule has 32 heavy (non-hydrogen) atoms. The third-order valence-corrected chi connectivity index (χ3v) is 7.32. The molecule has 2 aromatic carbocycles. The molecule has 5 rings (SSSR count). The van der Waals surface area contributed by atoms with Gasteiger partial charge >= 0.3 is 0 Å². The zero-order valence-corrected chi connectivity index (χ0v) is 18.6. The lowest BCUT2D eigenvalue weighted by molar-refractivity contribution is -0.138. The van der Waals surface area contributed by atoms with E-state index in [1.54, 1.807) is 0 Å². The summed E-state index contributed by atoms with van der Waals surface area (Å²) in [7, 11) is 0. The number of imide groups is 1. The summed E-state index contributed by atoms with van der Waals surface area (Å²) in [6.45, 7) is 3.00. The molecule has 6 nitrogen and oxygen atoms in total. The van der Waals surface area contributed by atoms with Gasteiger partial charge in [-0.15, -0.1) is 0 Å². The number of piperidine rings is 1. The SMILES string of the molecule is O=C1CCC(c2cccc(-c3ccc(CN4CC5CCCN5CC4=O)cc3)c2Cl)C(=O)N1. The maximum atomic E-state index is 12.5. The molecule has 0 aromatic heterocycles. The van der Waals surface area contributed by atoms with Crippen molar-refractivity contribution in [3.05, 3.63) is 58.6 Å². The zero-order valence-electron chi connectivity index (χ0n) is 17.9. The Morgan fingerprint density at radius 2 is 1.84 bits per heavy atom. The minimum Gasteiger partial charge on any atom is -0.336 e. The minimum atomic E-state index is -0.417. The smallest absolute Gasteiger partial charge is 0.237 e. The highest BCUT2D eigenvalue weighted by atomic mass is 35.5.